The summed E-state index contributed by atoms with van der Waals surface area (Å²) in [6, 6.07) is 7.89. The molecule has 1 amide bonds. The molecule has 0 saturated heterocycles. The smallest absolute Gasteiger partial charge is 0.325 e. The minimum absolute atomic E-state index is 0.0274. The van der Waals surface area contributed by atoms with Crippen molar-refractivity contribution in [1.29, 1.82) is 0 Å². The van der Waals surface area contributed by atoms with Gasteiger partial charge in [-0.25, -0.2) is 4.79 Å². The first-order valence-corrected chi connectivity index (χ1v) is 8.63. The molecule has 2 rings (SSSR count). The second-order valence-electron chi connectivity index (χ2n) is 6.37. The van der Waals surface area contributed by atoms with Crippen molar-refractivity contribution in [2.45, 2.75) is 45.6 Å². The highest BCUT2D eigenvalue weighted by Gasteiger charge is 2.11. The van der Waals surface area contributed by atoms with Crippen LogP contribution >= 0.6 is 0 Å². The molecular formula is C19H25N3O4. The van der Waals surface area contributed by atoms with Gasteiger partial charge in [-0.05, 0) is 50.8 Å². The van der Waals surface area contributed by atoms with E-state index in [9.17, 15) is 14.4 Å². The fourth-order valence-corrected chi connectivity index (χ4v) is 2.76. The lowest BCUT2D eigenvalue weighted by molar-refractivity contribution is -0.121. The van der Waals surface area contributed by atoms with Crippen LogP contribution in [-0.2, 0) is 17.6 Å². The fourth-order valence-electron chi connectivity index (χ4n) is 2.76. The Bertz CT molecular complexity index is 852. The molecule has 140 valence electrons. The molecule has 0 bridgehead atoms. The molecule has 1 aromatic heterocycles. The summed E-state index contributed by atoms with van der Waals surface area (Å²) in [5.41, 5.74) is 1.14. The number of benzene rings is 1. The highest BCUT2D eigenvalue weighted by molar-refractivity contribution is 5.76. The minimum Gasteiger partial charge on any atom is -0.497 e. The van der Waals surface area contributed by atoms with Crippen molar-refractivity contribution >= 4 is 5.91 Å². The largest absolute Gasteiger partial charge is 0.497 e. The quantitative estimate of drug-likeness (QED) is 0.663. The summed E-state index contributed by atoms with van der Waals surface area (Å²) in [7, 11) is 1.63. The van der Waals surface area contributed by atoms with Crippen LogP contribution in [0.2, 0.25) is 0 Å². The molecule has 7 nitrogen and oxygen atoms in total. The van der Waals surface area contributed by atoms with E-state index >= 15 is 0 Å². The summed E-state index contributed by atoms with van der Waals surface area (Å²) in [6.07, 6.45) is 2.15. The average Bonchev–Trinajstić information content (AvgIpc) is 2.59. The van der Waals surface area contributed by atoms with Crippen molar-refractivity contribution in [2.75, 3.05) is 7.11 Å². The van der Waals surface area contributed by atoms with E-state index in [0.29, 0.717) is 11.3 Å². The first-order valence-electron chi connectivity index (χ1n) is 8.63. The number of carbonyl (C=O) groups is 1. The van der Waals surface area contributed by atoms with Gasteiger partial charge in [0.05, 0.1) is 7.11 Å². The van der Waals surface area contributed by atoms with Crippen LogP contribution in [0, 0.1) is 6.92 Å². The van der Waals surface area contributed by atoms with Crippen molar-refractivity contribution in [3.63, 3.8) is 0 Å². The normalized spacial score (nSPS) is 11.8. The third-order valence-corrected chi connectivity index (χ3v) is 4.29. The van der Waals surface area contributed by atoms with Gasteiger partial charge in [0.15, 0.2) is 0 Å². The summed E-state index contributed by atoms with van der Waals surface area (Å²) in [5.74, 6) is 0.708. The Morgan fingerprint density at radius 3 is 2.46 bits per heavy atom. The monoisotopic (exact) mass is 359 g/mol. The van der Waals surface area contributed by atoms with Gasteiger partial charge in [-0.1, -0.05) is 12.1 Å². The zero-order valence-electron chi connectivity index (χ0n) is 15.3. The lowest BCUT2D eigenvalue weighted by Gasteiger charge is -2.14. The zero-order valence-corrected chi connectivity index (χ0v) is 15.3. The standard InChI is InChI=1S/C19H25N3O4/c1-12(4-5-14-6-8-15(26-3)9-7-14)20-17(23)11-10-16-13(2)21-19(25)22-18(16)24/h6-9,12H,4-5,10-11H2,1-3H3,(H,20,23)(H2,21,22,24,25)/t12-/m0/s1. The maximum atomic E-state index is 12.1. The van der Waals surface area contributed by atoms with E-state index in [0.717, 1.165) is 18.6 Å². The predicted octanol–water partition coefficient (Wildman–Crippen LogP) is 1.45. The highest BCUT2D eigenvalue weighted by atomic mass is 16.5. The topological polar surface area (TPSA) is 104 Å². The van der Waals surface area contributed by atoms with E-state index in [4.69, 9.17) is 4.74 Å². The van der Waals surface area contributed by atoms with Gasteiger partial charge in [-0.3, -0.25) is 14.6 Å². The van der Waals surface area contributed by atoms with Gasteiger partial charge >= 0.3 is 5.69 Å². The molecule has 1 aromatic carbocycles. The van der Waals surface area contributed by atoms with Gasteiger partial charge < -0.3 is 15.0 Å². The SMILES string of the molecule is COc1ccc(CC[C@H](C)NC(=O)CCc2c(C)[nH]c(=O)[nH]c2=O)cc1. The average molecular weight is 359 g/mol. The van der Waals surface area contributed by atoms with Crippen LogP contribution in [0.5, 0.6) is 5.75 Å². The molecule has 1 atom stereocenters. The number of amides is 1. The van der Waals surface area contributed by atoms with Crippen molar-refractivity contribution in [2.24, 2.45) is 0 Å². The van der Waals surface area contributed by atoms with Gasteiger partial charge in [-0.15, -0.1) is 0 Å². The number of aromatic nitrogens is 2. The number of hydrogen-bond acceptors (Lipinski definition) is 4. The minimum atomic E-state index is -0.534. The van der Waals surface area contributed by atoms with Crippen molar-refractivity contribution in [3.05, 3.63) is 61.9 Å². The van der Waals surface area contributed by atoms with Crippen molar-refractivity contribution in [1.82, 2.24) is 15.3 Å². The second-order valence-corrected chi connectivity index (χ2v) is 6.37. The lowest BCUT2D eigenvalue weighted by atomic mass is 10.1. The number of carbonyl (C=O) groups excluding carboxylic acids is 1. The molecule has 3 N–H and O–H groups in total. The molecule has 2 aromatic rings. The molecule has 0 saturated carbocycles. The Morgan fingerprint density at radius 2 is 1.85 bits per heavy atom. The highest BCUT2D eigenvalue weighted by Crippen LogP contribution is 2.13. The third-order valence-electron chi connectivity index (χ3n) is 4.29. The van der Waals surface area contributed by atoms with Crippen LogP contribution in [-0.4, -0.2) is 29.0 Å². The first-order chi connectivity index (χ1) is 12.4. The molecule has 0 unspecified atom stereocenters. The first kappa shape index (κ1) is 19.5. The number of methoxy groups -OCH3 is 1. The van der Waals surface area contributed by atoms with Gasteiger partial charge in [0, 0.05) is 23.7 Å². The number of nitrogens with one attached hydrogen (secondary N) is 3. The predicted molar refractivity (Wildman–Crippen MR) is 99.7 cm³/mol. The van der Waals surface area contributed by atoms with E-state index in [-0.39, 0.29) is 24.8 Å². The number of rotatable bonds is 8. The van der Waals surface area contributed by atoms with Crippen LogP contribution in [0.15, 0.2) is 33.9 Å². The maximum Gasteiger partial charge on any atom is 0.325 e. The van der Waals surface area contributed by atoms with Gasteiger partial charge in [0.25, 0.3) is 5.56 Å². The molecule has 0 aliphatic heterocycles. The van der Waals surface area contributed by atoms with Gasteiger partial charge in [-0.2, -0.15) is 0 Å². The number of aromatic amines is 2. The second kappa shape index (κ2) is 9.03. The molecule has 7 heteroatoms. The maximum absolute atomic E-state index is 12.1. The van der Waals surface area contributed by atoms with E-state index in [1.807, 2.05) is 31.2 Å². The lowest BCUT2D eigenvalue weighted by Crippen LogP contribution is -2.34. The molecular weight excluding hydrogens is 334 g/mol. The van der Waals surface area contributed by atoms with Crippen LogP contribution in [0.1, 0.15) is 36.6 Å². The Kier molecular flexibility index (Phi) is 6.77. The van der Waals surface area contributed by atoms with E-state index in [1.165, 1.54) is 5.56 Å². The Morgan fingerprint density at radius 1 is 1.15 bits per heavy atom. The summed E-state index contributed by atoms with van der Waals surface area (Å²) in [5, 5.41) is 2.95. The van der Waals surface area contributed by atoms with Crippen molar-refractivity contribution < 1.29 is 9.53 Å². The molecule has 1 heterocycles. The zero-order chi connectivity index (χ0) is 19.1. The number of ether oxygens (including phenoxy) is 1. The molecule has 0 fully saturated rings. The molecule has 26 heavy (non-hydrogen) atoms. The Hall–Kier alpha value is -2.83. The van der Waals surface area contributed by atoms with Crippen LogP contribution < -0.4 is 21.3 Å². The Balaban J connectivity index is 1.80. The van der Waals surface area contributed by atoms with E-state index < -0.39 is 11.2 Å². The molecule has 0 aliphatic rings. The van der Waals surface area contributed by atoms with Crippen LogP contribution in [0.4, 0.5) is 0 Å². The number of hydrogen-bond donors (Lipinski definition) is 3. The third kappa shape index (κ3) is 5.61. The number of aryl methyl sites for hydroxylation is 2. The summed E-state index contributed by atoms with van der Waals surface area (Å²) < 4.78 is 5.13. The molecule has 0 radical (unpaired) electrons. The number of H-pyrrole nitrogens is 2. The van der Waals surface area contributed by atoms with E-state index in [1.54, 1.807) is 14.0 Å². The molecule has 0 spiro atoms. The van der Waals surface area contributed by atoms with Crippen LogP contribution in [0.3, 0.4) is 0 Å². The fraction of sp³-hybridized carbons (Fsp3) is 0.421. The van der Waals surface area contributed by atoms with Gasteiger partial charge in [0.1, 0.15) is 5.75 Å². The van der Waals surface area contributed by atoms with Crippen LogP contribution in [0.25, 0.3) is 0 Å². The summed E-state index contributed by atoms with van der Waals surface area (Å²) in [4.78, 5) is 39.8. The summed E-state index contributed by atoms with van der Waals surface area (Å²) >= 11 is 0. The van der Waals surface area contributed by atoms with Crippen molar-refractivity contribution in [3.8, 4) is 5.75 Å². The molecule has 0 aliphatic carbocycles. The van der Waals surface area contributed by atoms with Gasteiger partial charge in [0.2, 0.25) is 5.91 Å². The Labute approximate surface area is 151 Å². The van der Waals surface area contributed by atoms with E-state index in [2.05, 4.69) is 15.3 Å². The summed E-state index contributed by atoms with van der Waals surface area (Å²) in [6.45, 7) is 3.61.